The number of hydrogen-bond donors (Lipinski definition) is 0. The number of thioether (sulfide) groups is 1. The van der Waals surface area contributed by atoms with E-state index < -0.39 is 36.2 Å². The largest absolute Gasteiger partial charge is 0.461 e. The number of rotatable bonds is 6. The maximum Gasteiger partial charge on any atom is 0.355 e. The molecule has 1 unspecified atom stereocenters. The molecule has 2 atom stereocenters. The molecular weight excluding hydrogens is 378 g/mol. The van der Waals surface area contributed by atoms with Crippen molar-refractivity contribution in [3.05, 3.63) is 11.3 Å². The van der Waals surface area contributed by atoms with Crippen LogP contribution < -0.4 is 0 Å². The van der Waals surface area contributed by atoms with Crippen LogP contribution in [-0.4, -0.2) is 71.9 Å². The summed E-state index contributed by atoms with van der Waals surface area (Å²) in [6, 6.07) is 0. The number of ether oxygens (including phenoxy) is 4. The topological polar surface area (TPSA) is 108 Å². The minimum absolute atomic E-state index is 0.0122. The van der Waals surface area contributed by atoms with Gasteiger partial charge in [-0.1, -0.05) is 0 Å². The van der Waals surface area contributed by atoms with Gasteiger partial charge >= 0.3 is 17.9 Å². The highest BCUT2D eigenvalue weighted by Crippen LogP contribution is 2.41. The molecular formula is C17H23NO8S. The first-order chi connectivity index (χ1) is 12.5. The molecule has 0 aromatic rings. The maximum absolute atomic E-state index is 12.6. The van der Waals surface area contributed by atoms with Gasteiger partial charge in [-0.05, 0) is 20.8 Å². The number of carbonyl (C=O) groups is 4. The van der Waals surface area contributed by atoms with E-state index in [0.29, 0.717) is 11.3 Å². The Morgan fingerprint density at radius 2 is 1.89 bits per heavy atom. The van der Waals surface area contributed by atoms with E-state index in [9.17, 15) is 19.2 Å². The van der Waals surface area contributed by atoms with Crippen molar-refractivity contribution in [2.45, 2.75) is 44.8 Å². The first kappa shape index (κ1) is 21.2. The van der Waals surface area contributed by atoms with E-state index in [0.717, 1.165) is 0 Å². The highest BCUT2D eigenvalue weighted by atomic mass is 32.2. The number of amides is 1. The van der Waals surface area contributed by atoms with Gasteiger partial charge in [0, 0.05) is 25.4 Å². The van der Waals surface area contributed by atoms with E-state index in [1.165, 1.54) is 30.7 Å². The molecule has 2 aliphatic heterocycles. The summed E-state index contributed by atoms with van der Waals surface area (Å²) in [6.45, 7) is 5.59. The molecule has 2 heterocycles. The summed E-state index contributed by atoms with van der Waals surface area (Å²) in [6.07, 6.45) is -0.654. The van der Waals surface area contributed by atoms with Crippen LogP contribution in [0.1, 0.15) is 27.7 Å². The third-order valence-corrected chi connectivity index (χ3v) is 4.95. The summed E-state index contributed by atoms with van der Waals surface area (Å²) < 4.78 is 20.2. The Hall–Kier alpha value is -2.07. The molecule has 0 radical (unpaired) electrons. The lowest BCUT2D eigenvalue weighted by atomic mass is 10.1. The standard InChI is InChI=1S/C17H23NO8S/c1-9(19)24-6-10-8-27-15-13(23-5)14(21)18(15)12(10)16(22)25-7-11(20)26-17(2,3)4/h13,15H,6-8H2,1-5H3/t13-,15?/m1/s1. The minimum atomic E-state index is -0.851. The molecule has 150 valence electrons. The number of fused-ring (bicyclic) bond motifs is 1. The number of nitrogens with zero attached hydrogens (tertiary/aromatic N) is 1. The predicted octanol–water partition coefficient (Wildman–Crippen LogP) is 0.619. The Kier molecular flexibility index (Phi) is 6.53. The second kappa shape index (κ2) is 8.30. The van der Waals surface area contributed by atoms with Crippen LogP contribution in [0.2, 0.25) is 0 Å². The highest BCUT2D eigenvalue weighted by molar-refractivity contribution is 8.00. The quantitative estimate of drug-likeness (QED) is 0.359. The lowest BCUT2D eigenvalue weighted by Crippen LogP contribution is -2.65. The van der Waals surface area contributed by atoms with Crippen LogP contribution in [-0.2, 0) is 38.1 Å². The Balaban J connectivity index is 2.15. The van der Waals surface area contributed by atoms with Gasteiger partial charge in [-0.3, -0.25) is 14.5 Å². The number of methoxy groups -OCH3 is 1. The smallest absolute Gasteiger partial charge is 0.355 e. The van der Waals surface area contributed by atoms with E-state index in [-0.39, 0.29) is 23.6 Å². The second-order valence-corrected chi connectivity index (χ2v) is 8.07. The fourth-order valence-electron chi connectivity index (χ4n) is 2.58. The van der Waals surface area contributed by atoms with E-state index in [2.05, 4.69) is 0 Å². The van der Waals surface area contributed by atoms with Gasteiger partial charge in [0.1, 0.15) is 23.3 Å². The van der Waals surface area contributed by atoms with Gasteiger partial charge in [-0.15, -0.1) is 11.8 Å². The number of hydrogen-bond acceptors (Lipinski definition) is 9. The first-order valence-corrected chi connectivity index (χ1v) is 9.32. The van der Waals surface area contributed by atoms with Crippen molar-refractivity contribution in [2.75, 3.05) is 26.1 Å². The molecule has 0 aliphatic carbocycles. The van der Waals surface area contributed by atoms with E-state index in [1.54, 1.807) is 20.8 Å². The molecule has 2 aliphatic rings. The first-order valence-electron chi connectivity index (χ1n) is 8.27. The van der Waals surface area contributed by atoms with E-state index >= 15 is 0 Å². The predicted molar refractivity (Wildman–Crippen MR) is 94.4 cm³/mol. The van der Waals surface area contributed by atoms with Crippen molar-refractivity contribution in [1.29, 1.82) is 0 Å². The Labute approximate surface area is 161 Å². The summed E-state index contributed by atoms with van der Waals surface area (Å²) in [5.41, 5.74) is -0.292. The monoisotopic (exact) mass is 401 g/mol. The SMILES string of the molecule is CO[C@@H]1C(=O)N2C(C(=O)OCC(=O)OC(C)(C)C)=C(COC(C)=O)CSC12. The van der Waals surface area contributed by atoms with Gasteiger partial charge in [0.15, 0.2) is 12.7 Å². The zero-order chi connectivity index (χ0) is 20.4. The third-order valence-electron chi connectivity index (χ3n) is 3.64. The van der Waals surface area contributed by atoms with Crippen LogP contribution in [0.25, 0.3) is 0 Å². The van der Waals surface area contributed by atoms with Gasteiger partial charge in [-0.2, -0.15) is 0 Å². The van der Waals surface area contributed by atoms with Gasteiger partial charge in [0.2, 0.25) is 0 Å². The molecule has 2 rings (SSSR count). The van der Waals surface area contributed by atoms with Gasteiger partial charge < -0.3 is 18.9 Å². The molecule has 27 heavy (non-hydrogen) atoms. The Bertz CT molecular complexity index is 681. The van der Waals surface area contributed by atoms with Crippen molar-refractivity contribution >= 4 is 35.6 Å². The molecule has 0 bridgehead atoms. The number of esters is 3. The van der Waals surface area contributed by atoms with E-state index in [4.69, 9.17) is 18.9 Å². The molecule has 9 nitrogen and oxygen atoms in total. The fourth-order valence-corrected chi connectivity index (χ4v) is 3.94. The van der Waals surface area contributed by atoms with Crippen LogP contribution in [0.15, 0.2) is 11.3 Å². The molecule has 0 aromatic carbocycles. The van der Waals surface area contributed by atoms with Gasteiger partial charge in [0.25, 0.3) is 5.91 Å². The molecule has 0 spiro atoms. The van der Waals surface area contributed by atoms with E-state index in [1.807, 2.05) is 0 Å². The van der Waals surface area contributed by atoms with Gasteiger partial charge in [-0.25, -0.2) is 9.59 Å². The minimum Gasteiger partial charge on any atom is -0.461 e. The zero-order valence-corrected chi connectivity index (χ0v) is 16.7. The Morgan fingerprint density at radius 3 is 2.44 bits per heavy atom. The van der Waals surface area contributed by atoms with Gasteiger partial charge in [0.05, 0.1) is 0 Å². The Morgan fingerprint density at radius 1 is 1.22 bits per heavy atom. The molecule has 1 fully saturated rings. The van der Waals surface area contributed by atoms with Crippen LogP contribution in [0.4, 0.5) is 0 Å². The second-order valence-electron chi connectivity index (χ2n) is 6.96. The molecule has 0 aromatic heterocycles. The van der Waals surface area contributed by atoms with Crippen molar-refractivity contribution in [3.63, 3.8) is 0 Å². The number of β-lactam (4-membered cyclic amide) rings is 1. The summed E-state index contributed by atoms with van der Waals surface area (Å²) in [4.78, 5) is 49.0. The maximum atomic E-state index is 12.6. The highest BCUT2D eigenvalue weighted by Gasteiger charge is 2.54. The van der Waals surface area contributed by atoms with Crippen LogP contribution in [0, 0.1) is 0 Å². The normalized spacial score (nSPS) is 22.0. The van der Waals surface area contributed by atoms with Crippen molar-refractivity contribution in [3.8, 4) is 0 Å². The number of carbonyl (C=O) groups excluding carboxylic acids is 4. The summed E-state index contributed by atoms with van der Waals surface area (Å²) in [5.74, 6) is -2.10. The third kappa shape index (κ3) is 5.01. The lowest BCUT2D eigenvalue weighted by molar-refractivity contribution is -0.169. The average Bonchev–Trinajstić information content (AvgIpc) is 2.55. The van der Waals surface area contributed by atoms with Crippen molar-refractivity contribution in [1.82, 2.24) is 4.90 Å². The van der Waals surface area contributed by atoms with Crippen molar-refractivity contribution < 1.29 is 38.1 Å². The van der Waals surface area contributed by atoms with Crippen molar-refractivity contribution in [2.24, 2.45) is 0 Å². The van der Waals surface area contributed by atoms with Crippen LogP contribution in [0.3, 0.4) is 0 Å². The average molecular weight is 401 g/mol. The molecule has 0 saturated carbocycles. The summed E-state index contributed by atoms with van der Waals surface area (Å²) >= 11 is 1.39. The molecule has 10 heteroatoms. The summed E-state index contributed by atoms with van der Waals surface area (Å²) in [7, 11) is 1.42. The zero-order valence-electron chi connectivity index (χ0n) is 15.9. The molecule has 1 amide bonds. The molecule has 1 saturated heterocycles. The fraction of sp³-hybridized carbons (Fsp3) is 0.647. The van der Waals surface area contributed by atoms with Crippen LogP contribution >= 0.6 is 11.8 Å². The molecule has 0 N–H and O–H groups in total. The lowest BCUT2D eigenvalue weighted by Gasteiger charge is -2.48. The summed E-state index contributed by atoms with van der Waals surface area (Å²) in [5, 5.41) is -0.368. The van der Waals surface area contributed by atoms with Crippen LogP contribution in [0.5, 0.6) is 0 Å².